The molecule has 0 aliphatic carbocycles. The quantitative estimate of drug-likeness (QED) is 0.733. The maximum absolute atomic E-state index is 10.7. The van der Waals surface area contributed by atoms with Gasteiger partial charge in [-0.25, -0.2) is 4.98 Å². The average molecular weight is 370 g/mol. The van der Waals surface area contributed by atoms with Crippen LogP contribution in [0.4, 0.5) is 0 Å². The Labute approximate surface area is 130 Å². The molecule has 0 fully saturated rings. The first-order valence-corrected chi connectivity index (χ1v) is 8.12. The van der Waals surface area contributed by atoms with Crippen LogP contribution in [-0.2, 0) is 11.2 Å². The fourth-order valence-electron chi connectivity index (χ4n) is 1.70. The van der Waals surface area contributed by atoms with E-state index >= 15 is 0 Å². The number of hydrogen-bond donors (Lipinski definition) is 1. The zero-order valence-corrected chi connectivity index (χ0v) is 13.2. The van der Waals surface area contributed by atoms with Crippen LogP contribution in [0.25, 0.3) is 21.3 Å². The monoisotopic (exact) mass is 369 g/mol. The van der Waals surface area contributed by atoms with Gasteiger partial charge >= 0.3 is 5.97 Å². The van der Waals surface area contributed by atoms with Crippen molar-refractivity contribution >= 4 is 44.6 Å². The van der Waals surface area contributed by atoms with E-state index in [1.807, 2.05) is 23.6 Å². The summed E-state index contributed by atoms with van der Waals surface area (Å²) in [6, 6.07) is 5.56. The molecule has 4 nitrogen and oxygen atoms in total. The molecule has 0 bridgehead atoms. The maximum Gasteiger partial charge on any atom is 0.308 e. The van der Waals surface area contributed by atoms with E-state index in [0.29, 0.717) is 5.76 Å². The van der Waals surface area contributed by atoms with Crippen LogP contribution in [0.3, 0.4) is 0 Å². The third kappa shape index (κ3) is 2.70. The van der Waals surface area contributed by atoms with Gasteiger partial charge in [0, 0.05) is 10.3 Å². The first-order valence-electron chi connectivity index (χ1n) is 5.63. The van der Waals surface area contributed by atoms with Crippen LogP contribution in [0, 0.1) is 0 Å². The lowest BCUT2D eigenvalue weighted by Crippen LogP contribution is -1.96. The number of thiazole rings is 1. The van der Waals surface area contributed by atoms with Gasteiger partial charge in [-0.05, 0) is 34.1 Å². The summed E-state index contributed by atoms with van der Waals surface area (Å²) in [6.45, 7) is 0. The number of nitrogens with zero attached hydrogens (tertiary/aromatic N) is 1. The Kier molecular flexibility index (Phi) is 3.73. The van der Waals surface area contributed by atoms with E-state index in [0.717, 1.165) is 24.9 Å². The fourth-order valence-corrected chi connectivity index (χ4v) is 4.07. The summed E-state index contributed by atoms with van der Waals surface area (Å²) >= 11 is 6.36. The van der Waals surface area contributed by atoms with E-state index in [1.54, 1.807) is 6.26 Å². The lowest BCUT2D eigenvalue weighted by molar-refractivity contribution is -0.136. The molecular weight excluding hydrogens is 362 g/mol. The number of hydrogen-bond acceptors (Lipinski definition) is 5. The van der Waals surface area contributed by atoms with Crippen LogP contribution in [0.5, 0.6) is 0 Å². The minimum absolute atomic E-state index is 0.0470. The normalized spacial score (nSPS) is 10.8. The molecule has 0 aliphatic rings. The molecule has 3 rings (SSSR count). The van der Waals surface area contributed by atoms with Crippen molar-refractivity contribution in [3.05, 3.63) is 39.2 Å². The Morgan fingerprint density at radius 2 is 2.25 bits per heavy atom. The Bertz CT molecular complexity index is 759. The Balaban J connectivity index is 1.88. The molecule has 1 N–H and O–H groups in total. The number of carbonyl (C=O) groups is 1. The van der Waals surface area contributed by atoms with Gasteiger partial charge in [-0.1, -0.05) is 0 Å². The van der Waals surface area contributed by atoms with E-state index < -0.39 is 5.97 Å². The van der Waals surface area contributed by atoms with Gasteiger partial charge in [0.25, 0.3) is 0 Å². The summed E-state index contributed by atoms with van der Waals surface area (Å²) in [5.74, 6) is -0.111. The molecule has 3 heterocycles. The first-order chi connectivity index (χ1) is 9.63. The topological polar surface area (TPSA) is 63.3 Å². The highest BCUT2D eigenvalue weighted by Crippen LogP contribution is 2.36. The highest BCUT2D eigenvalue weighted by atomic mass is 79.9. The van der Waals surface area contributed by atoms with Crippen LogP contribution < -0.4 is 0 Å². The van der Waals surface area contributed by atoms with Crippen LogP contribution in [0.1, 0.15) is 4.88 Å². The number of halogens is 1. The van der Waals surface area contributed by atoms with E-state index in [4.69, 9.17) is 9.52 Å². The standard InChI is InChI=1S/C13H8BrNO3S2/c14-8-3-4-18-12(8)13-15-9(6-19-13)10-2-1-7(20-10)5-11(16)17/h1-4,6H,5H2,(H,16,17). The first kappa shape index (κ1) is 13.5. The predicted octanol–water partition coefficient (Wildman–Crippen LogP) is 4.52. The molecule has 0 aliphatic heterocycles. The summed E-state index contributed by atoms with van der Waals surface area (Å²) in [5, 5.41) is 11.5. The molecule has 0 aromatic carbocycles. The molecule has 0 saturated heterocycles. The summed E-state index contributed by atoms with van der Waals surface area (Å²) in [5.41, 5.74) is 0.843. The number of aliphatic carboxylic acids is 1. The van der Waals surface area contributed by atoms with Gasteiger partial charge in [-0.2, -0.15) is 0 Å². The summed E-state index contributed by atoms with van der Waals surface area (Å²) < 4.78 is 6.26. The zero-order valence-electron chi connectivity index (χ0n) is 10.00. The van der Waals surface area contributed by atoms with Crippen molar-refractivity contribution in [2.75, 3.05) is 0 Å². The SMILES string of the molecule is O=C(O)Cc1ccc(-c2csc(-c3occc3Br)n2)s1. The highest BCUT2D eigenvalue weighted by molar-refractivity contribution is 9.10. The van der Waals surface area contributed by atoms with E-state index in [9.17, 15) is 4.79 Å². The van der Waals surface area contributed by atoms with Gasteiger partial charge in [0.2, 0.25) is 0 Å². The molecule has 0 saturated carbocycles. The number of carboxylic acid groups (broad SMARTS) is 1. The third-order valence-electron chi connectivity index (χ3n) is 2.56. The fraction of sp³-hybridized carbons (Fsp3) is 0.0769. The average Bonchev–Trinajstić information content (AvgIpc) is 3.07. The van der Waals surface area contributed by atoms with Gasteiger partial charge in [0.1, 0.15) is 0 Å². The van der Waals surface area contributed by atoms with E-state index in [-0.39, 0.29) is 6.42 Å². The molecule has 0 spiro atoms. The molecule has 7 heteroatoms. The molecule has 102 valence electrons. The maximum atomic E-state index is 10.7. The van der Waals surface area contributed by atoms with Crippen molar-refractivity contribution < 1.29 is 14.3 Å². The van der Waals surface area contributed by atoms with Crippen molar-refractivity contribution in [1.29, 1.82) is 0 Å². The van der Waals surface area contributed by atoms with Gasteiger partial charge in [0.15, 0.2) is 10.8 Å². The van der Waals surface area contributed by atoms with Crippen LogP contribution in [0.15, 0.2) is 38.7 Å². The zero-order chi connectivity index (χ0) is 14.1. The minimum atomic E-state index is -0.822. The van der Waals surface area contributed by atoms with Crippen LogP contribution in [-0.4, -0.2) is 16.1 Å². The second kappa shape index (κ2) is 5.51. The molecule has 3 aromatic rings. The number of thiophene rings is 1. The lowest BCUT2D eigenvalue weighted by Gasteiger charge is -1.91. The molecule has 0 atom stereocenters. The smallest absolute Gasteiger partial charge is 0.308 e. The highest BCUT2D eigenvalue weighted by Gasteiger charge is 2.14. The van der Waals surface area contributed by atoms with Crippen molar-refractivity contribution in [3.63, 3.8) is 0 Å². The molecule has 20 heavy (non-hydrogen) atoms. The number of carboxylic acids is 1. The Morgan fingerprint density at radius 3 is 2.95 bits per heavy atom. The van der Waals surface area contributed by atoms with Crippen molar-refractivity contribution in [3.8, 4) is 21.3 Å². The predicted molar refractivity (Wildman–Crippen MR) is 82.2 cm³/mol. The van der Waals surface area contributed by atoms with Crippen molar-refractivity contribution in [2.24, 2.45) is 0 Å². The molecule has 0 amide bonds. The number of rotatable bonds is 4. The van der Waals surface area contributed by atoms with Crippen molar-refractivity contribution in [2.45, 2.75) is 6.42 Å². The van der Waals surface area contributed by atoms with Crippen LogP contribution in [0.2, 0.25) is 0 Å². The Hall–Kier alpha value is -1.44. The molecular formula is C13H8BrNO3S2. The number of furan rings is 1. The Morgan fingerprint density at radius 1 is 1.40 bits per heavy atom. The van der Waals surface area contributed by atoms with Gasteiger partial charge in [-0.3, -0.25) is 4.79 Å². The lowest BCUT2D eigenvalue weighted by atomic mass is 10.3. The van der Waals surface area contributed by atoms with Crippen LogP contribution >= 0.6 is 38.6 Å². The summed E-state index contributed by atoms with van der Waals surface area (Å²) in [4.78, 5) is 17.0. The minimum Gasteiger partial charge on any atom is -0.481 e. The van der Waals surface area contributed by atoms with Crippen molar-refractivity contribution in [1.82, 2.24) is 4.98 Å². The second-order valence-corrected chi connectivity index (χ2v) is 6.85. The largest absolute Gasteiger partial charge is 0.481 e. The molecule has 0 unspecified atom stereocenters. The second-order valence-electron chi connectivity index (χ2n) is 3.97. The summed E-state index contributed by atoms with van der Waals surface area (Å²) in [6.07, 6.45) is 1.65. The van der Waals surface area contributed by atoms with Gasteiger partial charge in [-0.15, -0.1) is 22.7 Å². The molecule has 3 aromatic heterocycles. The van der Waals surface area contributed by atoms with E-state index in [2.05, 4.69) is 20.9 Å². The third-order valence-corrected chi connectivity index (χ3v) is 5.13. The summed E-state index contributed by atoms with van der Waals surface area (Å²) in [7, 11) is 0. The van der Waals surface area contributed by atoms with Gasteiger partial charge in [0.05, 0.1) is 27.7 Å². The number of aromatic nitrogens is 1. The van der Waals surface area contributed by atoms with Gasteiger partial charge < -0.3 is 9.52 Å². The van der Waals surface area contributed by atoms with E-state index in [1.165, 1.54) is 22.7 Å². The molecule has 0 radical (unpaired) electrons.